The number of likely N-dealkylation sites (N-methyl/N-ethyl adjacent to an activating group) is 1. The van der Waals surface area contributed by atoms with Crippen LogP contribution in [0.4, 0.5) is 0 Å². The molecule has 1 saturated heterocycles. The highest BCUT2D eigenvalue weighted by molar-refractivity contribution is 5.78. The molecule has 0 spiro atoms. The van der Waals surface area contributed by atoms with Crippen molar-refractivity contribution in [1.82, 2.24) is 9.80 Å². The van der Waals surface area contributed by atoms with E-state index in [1.807, 2.05) is 18.7 Å². The molecule has 2 fully saturated rings. The van der Waals surface area contributed by atoms with Crippen molar-refractivity contribution in [3.63, 3.8) is 0 Å². The lowest BCUT2D eigenvalue weighted by atomic mass is 9.80. The van der Waals surface area contributed by atoms with Crippen LogP contribution in [0.5, 0.6) is 0 Å². The second-order valence-electron chi connectivity index (χ2n) is 6.26. The van der Waals surface area contributed by atoms with Crippen molar-refractivity contribution in [1.29, 1.82) is 0 Å². The van der Waals surface area contributed by atoms with Crippen LogP contribution in [-0.2, 0) is 4.79 Å². The zero-order valence-corrected chi connectivity index (χ0v) is 13.1. The minimum Gasteiger partial charge on any atom is -0.393 e. The molecule has 1 N–H and O–H groups in total. The lowest BCUT2D eigenvalue weighted by molar-refractivity contribution is -0.132. The number of nitrogens with zero attached hydrogens (tertiary/aromatic N) is 2. The molecule has 0 aromatic heterocycles. The second kappa shape index (κ2) is 7.41. The third kappa shape index (κ3) is 3.53. The third-order valence-corrected chi connectivity index (χ3v) is 5.14. The average Bonchev–Trinajstić information content (AvgIpc) is 2.88. The summed E-state index contributed by atoms with van der Waals surface area (Å²) in [5.74, 6) is 0.628. The molecule has 4 nitrogen and oxygen atoms in total. The van der Waals surface area contributed by atoms with Crippen molar-refractivity contribution in [2.45, 2.75) is 64.5 Å². The van der Waals surface area contributed by atoms with Gasteiger partial charge in [0.2, 0.25) is 5.91 Å². The van der Waals surface area contributed by atoms with Gasteiger partial charge in [0.25, 0.3) is 0 Å². The van der Waals surface area contributed by atoms with E-state index in [0.717, 1.165) is 45.3 Å². The Morgan fingerprint density at radius 1 is 1.15 bits per heavy atom. The molecule has 20 heavy (non-hydrogen) atoms. The van der Waals surface area contributed by atoms with Crippen LogP contribution in [0.3, 0.4) is 0 Å². The Morgan fingerprint density at radius 2 is 1.85 bits per heavy atom. The number of amides is 1. The van der Waals surface area contributed by atoms with Gasteiger partial charge in [0.15, 0.2) is 0 Å². The summed E-state index contributed by atoms with van der Waals surface area (Å²) in [6.07, 6.45) is 6.62. The molecule has 1 aliphatic heterocycles. The number of rotatable bonds is 5. The van der Waals surface area contributed by atoms with Crippen molar-refractivity contribution in [3.05, 3.63) is 0 Å². The molecule has 2 aliphatic rings. The predicted molar refractivity (Wildman–Crippen MR) is 80.5 cm³/mol. The molecule has 0 bridgehead atoms. The number of likely N-dealkylation sites (tertiary alicyclic amines) is 1. The Morgan fingerprint density at radius 3 is 2.50 bits per heavy atom. The average molecular weight is 282 g/mol. The Bertz CT molecular complexity index is 318. The van der Waals surface area contributed by atoms with E-state index in [0.29, 0.717) is 18.5 Å². The third-order valence-electron chi connectivity index (χ3n) is 5.14. The van der Waals surface area contributed by atoms with E-state index in [9.17, 15) is 9.90 Å². The van der Waals surface area contributed by atoms with Crippen LogP contribution in [0.25, 0.3) is 0 Å². The van der Waals surface area contributed by atoms with E-state index in [4.69, 9.17) is 0 Å². The van der Waals surface area contributed by atoms with Crippen molar-refractivity contribution in [3.8, 4) is 0 Å². The first-order chi connectivity index (χ1) is 9.67. The smallest absolute Gasteiger partial charge is 0.236 e. The van der Waals surface area contributed by atoms with Gasteiger partial charge in [-0.05, 0) is 46.1 Å². The quantitative estimate of drug-likeness (QED) is 0.837. The fraction of sp³-hybridized carbons (Fsp3) is 0.938. The summed E-state index contributed by atoms with van der Waals surface area (Å²) in [5.41, 5.74) is 0. The van der Waals surface area contributed by atoms with Crippen LogP contribution in [0.2, 0.25) is 0 Å². The molecule has 1 saturated carbocycles. The van der Waals surface area contributed by atoms with Gasteiger partial charge in [0.1, 0.15) is 0 Å². The molecule has 116 valence electrons. The molecule has 3 unspecified atom stereocenters. The molecule has 0 aromatic rings. The number of hydrogen-bond donors (Lipinski definition) is 1. The van der Waals surface area contributed by atoms with Gasteiger partial charge in [-0.3, -0.25) is 9.69 Å². The SMILES string of the molecule is CCN(CC)C(=O)CN1CCCC1C1CCCCC1O. The second-order valence-corrected chi connectivity index (χ2v) is 6.26. The highest BCUT2D eigenvalue weighted by Crippen LogP contribution is 2.34. The van der Waals surface area contributed by atoms with Crippen molar-refractivity contribution in [2.75, 3.05) is 26.2 Å². The summed E-state index contributed by atoms with van der Waals surface area (Å²) >= 11 is 0. The topological polar surface area (TPSA) is 43.8 Å². The molecule has 1 heterocycles. The summed E-state index contributed by atoms with van der Waals surface area (Å²) in [5, 5.41) is 10.3. The number of carbonyl (C=O) groups excluding carboxylic acids is 1. The molecule has 1 amide bonds. The van der Waals surface area contributed by atoms with E-state index >= 15 is 0 Å². The molecular formula is C16H30N2O2. The van der Waals surface area contributed by atoms with Crippen molar-refractivity contribution in [2.24, 2.45) is 5.92 Å². The Kier molecular flexibility index (Phi) is 5.85. The van der Waals surface area contributed by atoms with E-state index in [1.54, 1.807) is 0 Å². The largest absolute Gasteiger partial charge is 0.393 e. The van der Waals surface area contributed by atoms with E-state index in [2.05, 4.69) is 4.90 Å². The highest BCUT2D eigenvalue weighted by Gasteiger charge is 2.37. The van der Waals surface area contributed by atoms with Gasteiger partial charge < -0.3 is 10.0 Å². The summed E-state index contributed by atoms with van der Waals surface area (Å²) in [6, 6.07) is 0.421. The zero-order valence-electron chi connectivity index (χ0n) is 13.1. The van der Waals surface area contributed by atoms with Crippen LogP contribution in [0, 0.1) is 5.92 Å². The van der Waals surface area contributed by atoms with Crippen LogP contribution >= 0.6 is 0 Å². The van der Waals surface area contributed by atoms with E-state index in [-0.39, 0.29) is 12.0 Å². The molecule has 0 aromatic carbocycles. The van der Waals surface area contributed by atoms with Crippen LogP contribution in [0.15, 0.2) is 0 Å². The highest BCUT2D eigenvalue weighted by atomic mass is 16.3. The summed E-state index contributed by atoms with van der Waals surface area (Å²) in [4.78, 5) is 16.5. The molecule has 2 rings (SSSR count). The Balaban J connectivity index is 1.94. The fourth-order valence-corrected chi connectivity index (χ4v) is 3.97. The van der Waals surface area contributed by atoms with E-state index < -0.39 is 0 Å². The molecular weight excluding hydrogens is 252 g/mol. The summed E-state index contributed by atoms with van der Waals surface area (Å²) < 4.78 is 0. The maximum Gasteiger partial charge on any atom is 0.236 e. The predicted octanol–water partition coefficient (Wildman–Crippen LogP) is 1.87. The zero-order chi connectivity index (χ0) is 14.5. The maximum atomic E-state index is 12.3. The first kappa shape index (κ1) is 15.8. The first-order valence-corrected chi connectivity index (χ1v) is 8.37. The van der Waals surface area contributed by atoms with Crippen molar-refractivity contribution < 1.29 is 9.90 Å². The van der Waals surface area contributed by atoms with Crippen molar-refractivity contribution >= 4 is 5.91 Å². The van der Waals surface area contributed by atoms with E-state index in [1.165, 1.54) is 12.8 Å². The van der Waals surface area contributed by atoms with Crippen LogP contribution in [-0.4, -0.2) is 59.1 Å². The summed E-state index contributed by atoms with van der Waals surface area (Å²) in [7, 11) is 0. The lowest BCUT2D eigenvalue weighted by Crippen LogP contribution is -2.47. The van der Waals surface area contributed by atoms with Gasteiger partial charge in [0, 0.05) is 25.0 Å². The number of aliphatic hydroxyl groups is 1. The minimum atomic E-state index is -0.155. The summed E-state index contributed by atoms with van der Waals surface area (Å²) in [6.45, 7) is 7.21. The number of carbonyl (C=O) groups is 1. The monoisotopic (exact) mass is 282 g/mol. The first-order valence-electron chi connectivity index (χ1n) is 8.37. The standard InChI is InChI=1S/C16H30N2O2/c1-3-17(4-2)16(20)12-18-11-7-9-14(18)13-8-5-6-10-15(13)19/h13-15,19H,3-12H2,1-2H3. The normalized spacial score (nSPS) is 31.4. The Labute approximate surface area is 123 Å². The fourth-order valence-electron chi connectivity index (χ4n) is 3.97. The number of hydrogen-bond acceptors (Lipinski definition) is 3. The molecule has 1 aliphatic carbocycles. The molecule has 4 heteroatoms. The van der Waals surface area contributed by atoms with Crippen LogP contribution in [0.1, 0.15) is 52.4 Å². The van der Waals surface area contributed by atoms with Gasteiger partial charge in [-0.1, -0.05) is 12.8 Å². The molecule has 3 atom stereocenters. The van der Waals surface area contributed by atoms with Gasteiger partial charge in [-0.15, -0.1) is 0 Å². The maximum absolute atomic E-state index is 12.3. The minimum absolute atomic E-state index is 0.155. The lowest BCUT2D eigenvalue weighted by Gasteiger charge is -2.37. The molecule has 0 radical (unpaired) electrons. The van der Waals surface area contributed by atoms with Gasteiger partial charge >= 0.3 is 0 Å². The van der Waals surface area contributed by atoms with Gasteiger partial charge in [0.05, 0.1) is 12.6 Å². The van der Waals surface area contributed by atoms with Gasteiger partial charge in [-0.2, -0.15) is 0 Å². The van der Waals surface area contributed by atoms with Gasteiger partial charge in [-0.25, -0.2) is 0 Å². The Hall–Kier alpha value is -0.610. The number of aliphatic hydroxyl groups excluding tert-OH is 1. The van der Waals surface area contributed by atoms with Crippen LogP contribution < -0.4 is 0 Å².